The Bertz CT molecular complexity index is 1080. The second-order valence-electron chi connectivity index (χ2n) is 7.90. The molecule has 0 aliphatic carbocycles. The van der Waals surface area contributed by atoms with Gasteiger partial charge in [0.25, 0.3) is 0 Å². The van der Waals surface area contributed by atoms with Crippen LogP contribution in [0.2, 0.25) is 10.0 Å². The maximum Gasteiger partial charge on any atom is 0.224 e. The lowest BCUT2D eigenvalue weighted by Gasteiger charge is -2.32. The van der Waals surface area contributed by atoms with Crippen LogP contribution in [0.3, 0.4) is 0 Å². The standard InChI is InChI=1S/C22H24Cl2N2O5S/c23-18-6-3-7-19(24)17(18)14-32(28,29)26-10-4-5-15(12-26)22(27)25-11-16-13-30-20-8-1-2-9-21(20)31-16/h1-3,6-9,15-16H,4-5,10-14H2,(H,25,27)/t15-,16-/m0/s1. The zero-order chi connectivity index (χ0) is 22.7. The van der Waals surface area contributed by atoms with Crippen molar-refractivity contribution in [1.82, 2.24) is 9.62 Å². The first-order valence-corrected chi connectivity index (χ1v) is 12.8. The summed E-state index contributed by atoms with van der Waals surface area (Å²) >= 11 is 12.3. The number of sulfonamides is 1. The Morgan fingerprint density at radius 2 is 1.81 bits per heavy atom. The lowest BCUT2D eigenvalue weighted by molar-refractivity contribution is -0.126. The largest absolute Gasteiger partial charge is 0.486 e. The van der Waals surface area contributed by atoms with E-state index in [1.54, 1.807) is 18.2 Å². The van der Waals surface area contributed by atoms with E-state index in [2.05, 4.69) is 5.32 Å². The Labute approximate surface area is 197 Å². The van der Waals surface area contributed by atoms with Crippen LogP contribution < -0.4 is 14.8 Å². The molecule has 1 amide bonds. The smallest absolute Gasteiger partial charge is 0.224 e. The second kappa shape index (κ2) is 9.87. The first kappa shape index (κ1) is 23.2. The summed E-state index contributed by atoms with van der Waals surface area (Å²) in [6.07, 6.45) is 0.916. The van der Waals surface area contributed by atoms with E-state index < -0.39 is 15.9 Å². The molecule has 2 heterocycles. The Balaban J connectivity index is 1.34. The third kappa shape index (κ3) is 5.31. The molecule has 10 heteroatoms. The molecule has 0 unspecified atom stereocenters. The number of hydrogen-bond donors (Lipinski definition) is 1. The van der Waals surface area contributed by atoms with Gasteiger partial charge in [-0.25, -0.2) is 12.7 Å². The Morgan fingerprint density at radius 1 is 1.09 bits per heavy atom. The molecular weight excluding hydrogens is 475 g/mol. The number of nitrogens with zero attached hydrogens (tertiary/aromatic N) is 1. The van der Waals surface area contributed by atoms with E-state index in [0.29, 0.717) is 53.1 Å². The minimum absolute atomic E-state index is 0.126. The molecule has 1 N–H and O–H groups in total. The molecule has 2 aliphatic heterocycles. The van der Waals surface area contributed by atoms with Crippen molar-refractivity contribution >= 4 is 39.1 Å². The molecule has 172 valence electrons. The topological polar surface area (TPSA) is 84.9 Å². The van der Waals surface area contributed by atoms with Gasteiger partial charge in [0.1, 0.15) is 12.7 Å². The maximum atomic E-state index is 13.0. The summed E-state index contributed by atoms with van der Waals surface area (Å²) in [7, 11) is -3.68. The minimum atomic E-state index is -3.68. The van der Waals surface area contributed by atoms with Gasteiger partial charge < -0.3 is 14.8 Å². The van der Waals surface area contributed by atoms with Crippen LogP contribution in [0, 0.1) is 5.92 Å². The molecule has 2 atom stereocenters. The summed E-state index contributed by atoms with van der Waals surface area (Å²) in [5, 5.41) is 3.50. The Kier molecular flexibility index (Phi) is 7.14. The van der Waals surface area contributed by atoms with Crippen molar-refractivity contribution in [3.63, 3.8) is 0 Å². The molecule has 0 aromatic heterocycles. The highest BCUT2D eigenvalue weighted by atomic mass is 35.5. The summed E-state index contributed by atoms with van der Waals surface area (Å²) in [5.41, 5.74) is 0.372. The summed E-state index contributed by atoms with van der Waals surface area (Å²) in [6.45, 7) is 1.11. The number of ether oxygens (including phenoxy) is 2. The van der Waals surface area contributed by atoms with E-state index in [9.17, 15) is 13.2 Å². The lowest BCUT2D eigenvalue weighted by atomic mass is 9.99. The summed E-state index contributed by atoms with van der Waals surface area (Å²) in [5.74, 6) is 0.403. The van der Waals surface area contributed by atoms with Gasteiger partial charge in [0.05, 0.1) is 18.2 Å². The normalized spacial score (nSPS) is 21.2. The third-order valence-electron chi connectivity index (χ3n) is 5.61. The number of hydrogen-bond acceptors (Lipinski definition) is 5. The van der Waals surface area contributed by atoms with Gasteiger partial charge in [-0.1, -0.05) is 41.4 Å². The number of halogens is 2. The van der Waals surface area contributed by atoms with Gasteiger partial charge in [-0.3, -0.25) is 4.79 Å². The fourth-order valence-corrected chi connectivity index (χ4v) is 6.24. The molecule has 0 bridgehead atoms. The number of rotatable bonds is 6. The van der Waals surface area contributed by atoms with Crippen LogP contribution in [0.15, 0.2) is 42.5 Å². The first-order valence-electron chi connectivity index (χ1n) is 10.4. The van der Waals surface area contributed by atoms with Crippen molar-refractivity contribution in [2.45, 2.75) is 24.7 Å². The van der Waals surface area contributed by atoms with Gasteiger partial charge in [-0.05, 0) is 37.1 Å². The van der Waals surface area contributed by atoms with Crippen LogP contribution in [0.5, 0.6) is 11.5 Å². The SMILES string of the molecule is O=C(NC[C@H]1COc2ccccc2O1)[C@H]1CCCN(S(=O)(=O)Cc2c(Cl)cccc2Cl)C1. The zero-order valence-corrected chi connectivity index (χ0v) is 19.6. The molecule has 1 fully saturated rings. The van der Waals surface area contributed by atoms with Crippen molar-refractivity contribution in [2.24, 2.45) is 5.92 Å². The Morgan fingerprint density at radius 3 is 2.56 bits per heavy atom. The quantitative estimate of drug-likeness (QED) is 0.658. The monoisotopic (exact) mass is 498 g/mol. The van der Waals surface area contributed by atoms with Crippen molar-refractivity contribution in [3.8, 4) is 11.5 Å². The van der Waals surface area contributed by atoms with Crippen LogP contribution >= 0.6 is 23.2 Å². The molecule has 1 saturated heterocycles. The number of piperidine rings is 1. The Hall–Kier alpha value is -2.00. The van der Waals surface area contributed by atoms with Crippen LogP contribution in [0.4, 0.5) is 0 Å². The lowest BCUT2D eigenvalue weighted by Crippen LogP contribution is -2.48. The number of amides is 1. The van der Waals surface area contributed by atoms with Crippen LogP contribution in [-0.4, -0.2) is 51.0 Å². The van der Waals surface area contributed by atoms with E-state index in [4.69, 9.17) is 32.7 Å². The predicted molar refractivity (Wildman–Crippen MR) is 123 cm³/mol. The van der Waals surface area contributed by atoms with Gasteiger partial charge in [-0.15, -0.1) is 0 Å². The highest BCUT2D eigenvalue weighted by Gasteiger charge is 2.33. The molecule has 2 aromatic rings. The fourth-order valence-electron chi connectivity index (χ4n) is 3.88. The highest BCUT2D eigenvalue weighted by molar-refractivity contribution is 7.88. The zero-order valence-electron chi connectivity index (χ0n) is 17.3. The number of nitrogens with one attached hydrogen (secondary N) is 1. The number of benzene rings is 2. The number of fused-ring (bicyclic) bond motifs is 1. The van der Waals surface area contributed by atoms with E-state index in [1.807, 2.05) is 24.3 Å². The highest BCUT2D eigenvalue weighted by Crippen LogP contribution is 2.31. The molecule has 2 aliphatic rings. The van der Waals surface area contributed by atoms with E-state index in [0.717, 1.165) is 0 Å². The average molecular weight is 499 g/mol. The molecule has 2 aromatic carbocycles. The van der Waals surface area contributed by atoms with Gasteiger partial charge >= 0.3 is 0 Å². The molecule has 32 heavy (non-hydrogen) atoms. The van der Waals surface area contributed by atoms with E-state index in [-0.39, 0.29) is 30.9 Å². The van der Waals surface area contributed by atoms with Crippen molar-refractivity contribution in [3.05, 3.63) is 58.1 Å². The van der Waals surface area contributed by atoms with Gasteiger partial charge in [0.2, 0.25) is 15.9 Å². The van der Waals surface area contributed by atoms with E-state index in [1.165, 1.54) is 4.31 Å². The summed E-state index contributed by atoms with van der Waals surface area (Å²) < 4.78 is 38.9. The fraction of sp³-hybridized carbons (Fsp3) is 0.409. The number of para-hydroxylation sites is 2. The molecule has 0 saturated carbocycles. The summed E-state index contributed by atoms with van der Waals surface area (Å²) in [4.78, 5) is 12.8. The number of carbonyl (C=O) groups excluding carboxylic acids is 1. The van der Waals surface area contributed by atoms with Crippen LogP contribution in [0.25, 0.3) is 0 Å². The van der Waals surface area contributed by atoms with Gasteiger partial charge in [0, 0.05) is 28.7 Å². The molecule has 4 rings (SSSR count). The van der Waals surface area contributed by atoms with Crippen molar-refractivity contribution in [2.75, 3.05) is 26.2 Å². The third-order valence-corrected chi connectivity index (χ3v) is 8.09. The van der Waals surface area contributed by atoms with Gasteiger partial charge in [0.15, 0.2) is 11.5 Å². The maximum absolute atomic E-state index is 13.0. The second-order valence-corrected chi connectivity index (χ2v) is 10.7. The predicted octanol–water partition coefficient (Wildman–Crippen LogP) is 3.49. The molecule has 0 radical (unpaired) electrons. The van der Waals surface area contributed by atoms with Crippen LogP contribution in [0.1, 0.15) is 18.4 Å². The summed E-state index contributed by atoms with van der Waals surface area (Å²) in [6, 6.07) is 12.3. The van der Waals surface area contributed by atoms with Crippen LogP contribution in [-0.2, 0) is 20.6 Å². The molecule has 7 nitrogen and oxygen atoms in total. The number of carbonyl (C=O) groups is 1. The molecule has 0 spiro atoms. The minimum Gasteiger partial charge on any atom is -0.486 e. The van der Waals surface area contributed by atoms with E-state index >= 15 is 0 Å². The van der Waals surface area contributed by atoms with Crippen molar-refractivity contribution < 1.29 is 22.7 Å². The molecular formula is C22H24Cl2N2O5S. The average Bonchev–Trinajstić information content (AvgIpc) is 2.80. The first-order chi connectivity index (χ1) is 15.3. The van der Waals surface area contributed by atoms with Gasteiger partial charge in [-0.2, -0.15) is 0 Å². The van der Waals surface area contributed by atoms with Crippen molar-refractivity contribution in [1.29, 1.82) is 0 Å².